The summed E-state index contributed by atoms with van der Waals surface area (Å²) in [4.78, 5) is 133. The fourth-order valence-corrected chi connectivity index (χ4v) is 6.90. The first-order chi connectivity index (χ1) is 33.2. The summed E-state index contributed by atoms with van der Waals surface area (Å²) < 4.78 is 0. The smallest absolute Gasteiger partial charge is 0.326 e. The SMILES string of the molecule is CC(=O)CNC(=O)[C@H](CO)NC(=O)[C@H](CCC(O)O)NC(=O)CNC[C@@](C=O)(CO)NC(=O)CC[C@H](NC(=O)CC[C@H](NC(=O)CCCCCCCCCCCCCCCCC(=O)O)C(=O)O)C(=O)O. The van der Waals surface area contributed by atoms with Crippen molar-refractivity contribution in [2.75, 3.05) is 32.8 Å². The second-order valence-electron chi connectivity index (χ2n) is 17.3. The third-order valence-corrected chi connectivity index (χ3v) is 10.9. The molecule has 25 nitrogen and oxygen atoms in total. The lowest BCUT2D eigenvalue weighted by atomic mass is 10.0. The molecule has 0 unspecified atom stereocenters. The van der Waals surface area contributed by atoms with E-state index in [9.17, 15) is 83.4 Å². The van der Waals surface area contributed by atoms with E-state index in [1.807, 2.05) is 0 Å². The van der Waals surface area contributed by atoms with Gasteiger partial charge >= 0.3 is 17.9 Å². The summed E-state index contributed by atoms with van der Waals surface area (Å²) in [6.07, 6.45) is 9.81. The molecule has 6 amide bonds. The van der Waals surface area contributed by atoms with Crippen LogP contribution in [0.25, 0.3) is 0 Å². The molecule has 0 aromatic rings. The third kappa shape index (κ3) is 32.2. The molecule has 0 heterocycles. The van der Waals surface area contributed by atoms with Gasteiger partial charge in [-0.05, 0) is 39.0 Å². The van der Waals surface area contributed by atoms with E-state index in [0.29, 0.717) is 6.42 Å². The number of aliphatic hydroxyl groups excluding tert-OH is 3. The second-order valence-corrected chi connectivity index (χ2v) is 17.3. The topological polar surface area (TPSA) is 414 Å². The number of rotatable bonds is 44. The van der Waals surface area contributed by atoms with E-state index in [1.165, 1.54) is 13.3 Å². The number of unbranched alkanes of at least 4 members (excludes halogenated alkanes) is 13. The van der Waals surface area contributed by atoms with Crippen LogP contribution in [0.2, 0.25) is 0 Å². The lowest BCUT2D eigenvalue weighted by Crippen LogP contribution is -2.60. The minimum atomic E-state index is -2.05. The molecular weight excluding hydrogens is 927 g/mol. The van der Waals surface area contributed by atoms with Crippen LogP contribution in [-0.4, -0.2) is 170 Å². The molecule has 70 heavy (non-hydrogen) atoms. The van der Waals surface area contributed by atoms with E-state index >= 15 is 0 Å². The van der Waals surface area contributed by atoms with Crippen LogP contribution in [0.15, 0.2) is 0 Å². The van der Waals surface area contributed by atoms with Gasteiger partial charge in [-0.15, -0.1) is 0 Å². The van der Waals surface area contributed by atoms with Gasteiger partial charge in [0.15, 0.2) is 6.29 Å². The average Bonchev–Trinajstić information content (AvgIpc) is 3.30. The number of aliphatic carboxylic acids is 3. The Balaban J connectivity index is 4.85. The molecule has 0 aromatic heterocycles. The predicted molar refractivity (Wildman–Crippen MR) is 248 cm³/mol. The number of hydrogen-bond acceptors (Lipinski definition) is 16. The van der Waals surface area contributed by atoms with Crippen LogP contribution in [0.4, 0.5) is 0 Å². The highest BCUT2D eigenvalue weighted by Crippen LogP contribution is 2.14. The Morgan fingerprint density at radius 1 is 0.500 bits per heavy atom. The van der Waals surface area contributed by atoms with Crippen LogP contribution < -0.4 is 37.2 Å². The zero-order chi connectivity index (χ0) is 52.9. The number of aliphatic hydroxyl groups is 4. The number of Topliss-reactive ketones (excluding diaryl/α,β-unsaturated/α-hetero) is 1. The number of hydrogen-bond donors (Lipinski definition) is 14. The molecule has 0 bridgehead atoms. The Morgan fingerprint density at radius 3 is 1.39 bits per heavy atom. The molecule has 0 radical (unpaired) electrons. The maximum Gasteiger partial charge on any atom is 0.326 e. The summed E-state index contributed by atoms with van der Waals surface area (Å²) in [7, 11) is 0. The maximum absolute atomic E-state index is 12.9. The average molecular weight is 1000 g/mol. The standard InChI is InChI=1S/C45H77N7O18/c1-30(56)24-47-41(65)34(26-53)51-42(66)31(20-23-40(63)64)48-38(60)25-46-27-45(28-54,29-55)52-37(59)22-19-33(44(69)70)50-36(58)21-18-32(43(67)68)49-35(57)16-14-12-10-8-6-4-2-3-5-7-9-11-13-15-17-39(61)62/h28,31-34,40,46,53,55,63-64H,2-27,29H2,1H3,(H,47,65)(H,48,60)(H,49,57)(H,50,58)(H,51,66)(H,52,59)(H,61,62)(H,67,68)(H,69,70)/t31-,32-,33-,34-,45+/m0/s1. The van der Waals surface area contributed by atoms with Crippen LogP contribution >= 0.6 is 0 Å². The predicted octanol–water partition coefficient (Wildman–Crippen LogP) is -1.59. The minimum Gasteiger partial charge on any atom is -0.481 e. The fourth-order valence-electron chi connectivity index (χ4n) is 6.90. The monoisotopic (exact) mass is 1000 g/mol. The van der Waals surface area contributed by atoms with Crippen molar-refractivity contribution in [3.8, 4) is 0 Å². The number of aldehydes is 1. The Bertz CT molecular complexity index is 1670. The van der Waals surface area contributed by atoms with Crippen LogP contribution in [0.1, 0.15) is 148 Å². The van der Waals surface area contributed by atoms with Gasteiger partial charge in [0.1, 0.15) is 41.8 Å². The quantitative estimate of drug-likeness (QED) is 0.0186. The fraction of sp³-hybridized carbons (Fsp3) is 0.756. The molecular formula is C45H77N7O18. The Morgan fingerprint density at radius 2 is 0.957 bits per heavy atom. The Kier molecular flexibility index (Phi) is 35.1. The van der Waals surface area contributed by atoms with Gasteiger partial charge < -0.3 is 77.8 Å². The van der Waals surface area contributed by atoms with Crippen molar-refractivity contribution in [1.82, 2.24) is 37.2 Å². The van der Waals surface area contributed by atoms with Gasteiger partial charge in [-0.3, -0.25) is 38.4 Å². The van der Waals surface area contributed by atoms with Gasteiger partial charge in [0, 0.05) is 38.6 Å². The minimum absolute atomic E-state index is 0.0872. The summed E-state index contributed by atoms with van der Waals surface area (Å²) >= 11 is 0. The van der Waals surface area contributed by atoms with Crippen molar-refractivity contribution >= 4 is 65.4 Å². The number of carboxylic acid groups (broad SMARTS) is 3. The van der Waals surface area contributed by atoms with E-state index in [2.05, 4.69) is 37.2 Å². The van der Waals surface area contributed by atoms with E-state index < -0.39 is 147 Å². The number of nitrogens with one attached hydrogen (secondary N) is 7. The third-order valence-electron chi connectivity index (χ3n) is 10.9. The molecule has 5 atom stereocenters. The molecule has 0 fully saturated rings. The molecule has 400 valence electrons. The number of carboxylic acids is 3. The highest BCUT2D eigenvalue weighted by molar-refractivity contribution is 5.94. The summed E-state index contributed by atoms with van der Waals surface area (Å²) in [6, 6.07) is -6.09. The van der Waals surface area contributed by atoms with Crippen molar-refractivity contribution in [3.05, 3.63) is 0 Å². The molecule has 0 aliphatic rings. The molecule has 0 saturated heterocycles. The number of carbonyl (C=O) groups is 11. The van der Waals surface area contributed by atoms with Crippen LogP contribution in [0.5, 0.6) is 0 Å². The van der Waals surface area contributed by atoms with Crippen LogP contribution in [-0.2, 0) is 52.7 Å². The zero-order valence-electron chi connectivity index (χ0n) is 40.2. The Hall–Kier alpha value is -5.63. The molecule has 25 heteroatoms. The van der Waals surface area contributed by atoms with Crippen molar-refractivity contribution in [3.63, 3.8) is 0 Å². The molecule has 0 aliphatic heterocycles. The molecule has 0 aliphatic carbocycles. The van der Waals surface area contributed by atoms with Crippen molar-refractivity contribution < 1.29 is 88.5 Å². The lowest BCUT2D eigenvalue weighted by Gasteiger charge is -2.28. The summed E-state index contributed by atoms with van der Waals surface area (Å²) in [5.41, 5.74) is -2.05. The summed E-state index contributed by atoms with van der Waals surface area (Å²) in [5.74, 6) is -9.28. The summed E-state index contributed by atoms with van der Waals surface area (Å²) in [6.45, 7) is -2.32. The maximum atomic E-state index is 12.9. The zero-order valence-corrected chi connectivity index (χ0v) is 40.2. The van der Waals surface area contributed by atoms with Gasteiger partial charge in [0.05, 0.1) is 26.3 Å². The Labute approximate surface area is 407 Å². The summed E-state index contributed by atoms with van der Waals surface area (Å²) in [5, 5.41) is 82.1. The van der Waals surface area contributed by atoms with Gasteiger partial charge in [-0.2, -0.15) is 0 Å². The first kappa shape index (κ1) is 64.4. The van der Waals surface area contributed by atoms with E-state index in [1.54, 1.807) is 0 Å². The van der Waals surface area contributed by atoms with Gasteiger partial charge in [-0.25, -0.2) is 9.59 Å². The number of ketones is 1. The van der Waals surface area contributed by atoms with Crippen LogP contribution in [0, 0.1) is 0 Å². The number of carbonyl (C=O) groups excluding carboxylic acids is 8. The molecule has 14 N–H and O–H groups in total. The molecule has 0 spiro atoms. The van der Waals surface area contributed by atoms with E-state index in [0.717, 1.165) is 77.0 Å². The van der Waals surface area contributed by atoms with E-state index in [4.69, 9.17) is 5.11 Å². The van der Waals surface area contributed by atoms with Crippen molar-refractivity contribution in [2.24, 2.45) is 0 Å². The first-order valence-electron chi connectivity index (χ1n) is 23.9. The van der Waals surface area contributed by atoms with Crippen molar-refractivity contribution in [2.45, 2.75) is 184 Å². The van der Waals surface area contributed by atoms with Gasteiger partial charge in [0.25, 0.3) is 0 Å². The molecule has 0 saturated carbocycles. The molecule has 0 aromatic carbocycles. The second kappa shape index (κ2) is 38.2. The first-order valence-corrected chi connectivity index (χ1v) is 23.9. The van der Waals surface area contributed by atoms with Crippen molar-refractivity contribution in [1.29, 1.82) is 0 Å². The van der Waals surface area contributed by atoms with Gasteiger partial charge in [0.2, 0.25) is 35.4 Å². The lowest BCUT2D eigenvalue weighted by molar-refractivity contribution is -0.143. The van der Waals surface area contributed by atoms with E-state index in [-0.39, 0.29) is 38.5 Å². The molecule has 0 rings (SSSR count). The number of amides is 6. The highest BCUT2D eigenvalue weighted by Gasteiger charge is 2.33. The van der Waals surface area contributed by atoms with Crippen LogP contribution in [0.3, 0.4) is 0 Å². The normalized spacial score (nSPS) is 13.6. The largest absolute Gasteiger partial charge is 0.481 e. The highest BCUT2D eigenvalue weighted by atomic mass is 16.5. The van der Waals surface area contributed by atoms with Gasteiger partial charge in [-0.1, -0.05) is 77.0 Å².